The number of benzene rings is 1. The van der Waals surface area contributed by atoms with Crippen molar-refractivity contribution in [2.75, 3.05) is 14.2 Å². The first-order valence-electron chi connectivity index (χ1n) is 6.42. The largest absolute Gasteiger partial charge is 0.494 e. The molecule has 0 aliphatic heterocycles. The number of ether oxygens (including phenoxy) is 1. The van der Waals surface area contributed by atoms with Gasteiger partial charge in [-0.1, -0.05) is 6.07 Å². The highest BCUT2D eigenvalue weighted by atomic mass is 19.1. The number of nitrogens with one attached hydrogen (secondary N) is 1. The van der Waals surface area contributed by atoms with Crippen LogP contribution in [-0.4, -0.2) is 24.1 Å². The molecule has 0 saturated carbocycles. The summed E-state index contributed by atoms with van der Waals surface area (Å²) in [7, 11) is 3.31. The van der Waals surface area contributed by atoms with Gasteiger partial charge in [-0.2, -0.15) is 0 Å². The van der Waals surface area contributed by atoms with Crippen LogP contribution >= 0.6 is 0 Å². The van der Waals surface area contributed by atoms with Gasteiger partial charge in [0.25, 0.3) is 0 Å². The third-order valence-corrected chi connectivity index (χ3v) is 3.16. The van der Waals surface area contributed by atoms with E-state index < -0.39 is 0 Å². The number of hydrogen-bond acceptors (Lipinski definition) is 4. The molecule has 0 radical (unpaired) electrons. The fourth-order valence-electron chi connectivity index (χ4n) is 2.01. The molecule has 4 nitrogen and oxygen atoms in total. The van der Waals surface area contributed by atoms with E-state index in [1.165, 1.54) is 13.2 Å². The number of halogens is 1. The van der Waals surface area contributed by atoms with Gasteiger partial charge in [0.15, 0.2) is 11.6 Å². The Morgan fingerprint density at radius 2 is 2.10 bits per heavy atom. The molecule has 0 bridgehead atoms. The van der Waals surface area contributed by atoms with Crippen LogP contribution in [0.3, 0.4) is 0 Å². The molecule has 5 heteroatoms. The standard InChI is InChI=1S/C15H18FN3O/c1-10-8-19-14(9-18-10)13(17-2)7-11-4-5-15(20-3)12(16)6-11/h4-6,8-9,13,17H,7H2,1-3H3. The summed E-state index contributed by atoms with van der Waals surface area (Å²) in [6.07, 6.45) is 4.11. The number of methoxy groups -OCH3 is 1. The minimum atomic E-state index is -0.352. The Balaban J connectivity index is 2.17. The highest BCUT2D eigenvalue weighted by molar-refractivity contribution is 5.30. The summed E-state index contributed by atoms with van der Waals surface area (Å²) in [5.74, 6) is -0.0975. The maximum atomic E-state index is 13.7. The van der Waals surface area contributed by atoms with Gasteiger partial charge < -0.3 is 10.1 Å². The Labute approximate surface area is 118 Å². The van der Waals surface area contributed by atoms with Crippen molar-refractivity contribution in [3.05, 3.63) is 53.4 Å². The molecule has 20 heavy (non-hydrogen) atoms. The van der Waals surface area contributed by atoms with Crippen LogP contribution in [0, 0.1) is 12.7 Å². The smallest absolute Gasteiger partial charge is 0.165 e. The first-order chi connectivity index (χ1) is 9.63. The molecule has 1 aromatic carbocycles. The van der Waals surface area contributed by atoms with Crippen LogP contribution in [-0.2, 0) is 6.42 Å². The van der Waals surface area contributed by atoms with E-state index in [4.69, 9.17) is 4.74 Å². The van der Waals surface area contributed by atoms with E-state index >= 15 is 0 Å². The van der Waals surface area contributed by atoms with Crippen molar-refractivity contribution in [1.29, 1.82) is 0 Å². The maximum absolute atomic E-state index is 13.7. The lowest BCUT2D eigenvalue weighted by Gasteiger charge is -2.16. The summed E-state index contributed by atoms with van der Waals surface area (Å²) in [6.45, 7) is 1.89. The van der Waals surface area contributed by atoms with Crippen molar-refractivity contribution in [2.45, 2.75) is 19.4 Å². The van der Waals surface area contributed by atoms with Gasteiger partial charge in [0, 0.05) is 6.20 Å². The number of rotatable bonds is 5. The van der Waals surface area contributed by atoms with Crippen LogP contribution in [0.1, 0.15) is 23.0 Å². The minimum Gasteiger partial charge on any atom is -0.494 e. The molecule has 2 rings (SSSR count). The molecule has 0 aliphatic carbocycles. The van der Waals surface area contributed by atoms with Crippen molar-refractivity contribution >= 4 is 0 Å². The average molecular weight is 275 g/mol. The third-order valence-electron chi connectivity index (χ3n) is 3.16. The molecular formula is C15H18FN3O. The lowest BCUT2D eigenvalue weighted by atomic mass is 10.0. The van der Waals surface area contributed by atoms with E-state index in [2.05, 4.69) is 15.3 Å². The molecule has 1 N–H and O–H groups in total. The summed E-state index contributed by atoms with van der Waals surface area (Å²) >= 11 is 0. The molecule has 2 aromatic rings. The molecule has 1 aromatic heterocycles. The number of likely N-dealkylation sites (N-methyl/N-ethyl adjacent to an activating group) is 1. The quantitative estimate of drug-likeness (QED) is 0.910. The molecule has 0 aliphatic rings. The van der Waals surface area contributed by atoms with Gasteiger partial charge in [-0.15, -0.1) is 0 Å². The summed E-state index contributed by atoms with van der Waals surface area (Å²) in [4.78, 5) is 8.60. The number of aromatic nitrogens is 2. The number of nitrogens with zero attached hydrogens (tertiary/aromatic N) is 2. The number of aryl methyl sites for hydroxylation is 1. The first-order valence-corrected chi connectivity index (χ1v) is 6.42. The zero-order valence-electron chi connectivity index (χ0n) is 11.9. The van der Waals surface area contributed by atoms with E-state index in [1.54, 1.807) is 18.5 Å². The van der Waals surface area contributed by atoms with Gasteiger partial charge in [-0.05, 0) is 38.1 Å². The van der Waals surface area contributed by atoms with Gasteiger partial charge >= 0.3 is 0 Å². The molecule has 106 valence electrons. The molecule has 0 amide bonds. The van der Waals surface area contributed by atoms with Gasteiger partial charge in [0.1, 0.15) is 0 Å². The Morgan fingerprint density at radius 1 is 1.30 bits per heavy atom. The fourth-order valence-corrected chi connectivity index (χ4v) is 2.01. The predicted molar refractivity (Wildman–Crippen MR) is 75.2 cm³/mol. The fraction of sp³-hybridized carbons (Fsp3) is 0.333. The normalized spacial score (nSPS) is 12.2. The lowest BCUT2D eigenvalue weighted by Crippen LogP contribution is -2.20. The third kappa shape index (κ3) is 3.30. The topological polar surface area (TPSA) is 47.0 Å². The summed E-state index contributed by atoms with van der Waals surface area (Å²) in [5.41, 5.74) is 2.60. The van der Waals surface area contributed by atoms with Crippen LogP contribution in [0.2, 0.25) is 0 Å². The van der Waals surface area contributed by atoms with E-state index in [1.807, 2.05) is 20.0 Å². The Hall–Kier alpha value is -2.01. The second-order valence-corrected chi connectivity index (χ2v) is 4.60. The van der Waals surface area contributed by atoms with Crippen molar-refractivity contribution in [1.82, 2.24) is 15.3 Å². The first kappa shape index (κ1) is 14.4. The average Bonchev–Trinajstić information content (AvgIpc) is 2.46. The van der Waals surface area contributed by atoms with Crippen molar-refractivity contribution in [3.63, 3.8) is 0 Å². The molecule has 0 saturated heterocycles. The van der Waals surface area contributed by atoms with Crippen LogP contribution in [0.4, 0.5) is 4.39 Å². The van der Waals surface area contributed by atoms with Crippen molar-refractivity contribution < 1.29 is 9.13 Å². The Kier molecular flexibility index (Phi) is 4.63. The Morgan fingerprint density at radius 3 is 2.65 bits per heavy atom. The zero-order chi connectivity index (χ0) is 14.5. The molecular weight excluding hydrogens is 257 g/mol. The van der Waals surface area contributed by atoms with E-state index in [0.717, 1.165) is 17.0 Å². The highest BCUT2D eigenvalue weighted by Crippen LogP contribution is 2.21. The van der Waals surface area contributed by atoms with E-state index in [-0.39, 0.29) is 17.6 Å². The van der Waals surface area contributed by atoms with Crippen LogP contribution < -0.4 is 10.1 Å². The Bertz CT molecular complexity index is 572. The molecule has 0 fully saturated rings. The highest BCUT2D eigenvalue weighted by Gasteiger charge is 2.13. The SMILES string of the molecule is CNC(Cc1ccc(OC)c(F)c1)c1cnc(C)cn1. The summed E-state index contributed by atoms with van der Waals surface area (Å²) in [6, 6.07) is 4.98. The van der Waals surface area contributed by atoms with Crippen LogP contribution in [0.5, 0.6) is 5.75 Å². The molecule has 1 heterocycles. The lowest BCUT2D eigenvalue weighted by molar-refractivity contribution is 0.386. The zero-order valence-corrected chi connectivity index (χ0v) is 11.9. The second-order valence-electron chi connectivity index (χ2n) is 4.60. The summed E-state index contributed by atoms with van der Waals surface area (Å²) in [5, 5.41) is 3.18. The predicted octanol–water partition coefficient (Wildman–Crippen LogP) is 2.44. The monoisotopic (exact) mass is 275 g/mol. The van der Waals surface area contributed by atoms with E-state index in [0.29, 0.717) is 6.42 Å². The summed E-state index contributed by atoms with van der Waals surface area (Å²) < 4.78 is 18.6. The van der Waals surface area contributed by atoms with Crippen LogP contribution in [0.25, 0.3) is 0 Å². The second kappa shape index (κ2) is 6.43. The van der Waals surface area contributed by atoms with Gasteiger partial charge in [0.2, 0.25) is 0 Å². The number of hydrogen-bond donors (Lipinski definition) is 1. The van der Waals surface area contributed by atoms with Crippen molar-refractivity contribution in [2.24, 2.45) is 0 Å². The van der Waals surface area contributed by atoms with Gasteiger partial charge in [-0.25, -0.2) is 4.39 Å². The van der Waals surface area contributed by atoms with Crippen LogP contribution in [0.15, 0.2) is 30.6 Å². The minimum absolute atomic E-state index is 0.00380. The molecule has 1 atom stereocenters. The maximum Gasteiger partial charge on any atom is 0.165 e. The molecule has 0 spiro atoms. The van der Waals surface area contributed by atoms with Gasteiger partial charge in [0.05, 0.1) is 30.7 Å². The molecule has 1 unspecified atom stereocenters. The van der Waals surface area contributed by atoms with Crippen molar-refractivity contribution in [3.8, 4) is 5.75 Å². The van der Waals surface area contributed by atoms with E-state index in [9.17, 15) is 4.39 Å². The van der Waals surface area contributed by atoms with Gasteiger partial charge in [-0.3, -0.25) is 9.97 Å².